The second kappa shape index (κ2) is 11.1. The molecule has 1 atom stereocenters. The first-order valence-corrected chi connectivity index (χ1v) is 12.9. The highest BCUT2D eigenvalue weighted by Gasteiger charge is 2.29. The van der Waals surface area contributed by atoms with E-state index in [9.17, 15) is 22.4 Å². The Kier molecular flexibility index (Phi) is 7.80. The quantitative estimate of drug-likeness (QED) is 0.346. The van der Waals surface area contributed by atoms with Gasteiger partial charge in [0.2, 0.25) is 12.2 Å². The standard InChI is InChI=1S/C24H23ClF4N4O3S/c25-16-3-1-2-14-10-35-24(36-11-15(14)16)18-12-37-23(30-18)13-4-6-32(7-5-13)20(34)9-33-19(22(28)29)8-17(31-33)21(26)27/h1-3,8,12-13,21-22,24H,4-7,9-11H2. The lowest BCUT2D eigenvalue weighted by Crippen LogP contribution is -2.40. The normalized spacial score (nSPS) is 18.9. The van der Waals surface area contributed by atoms with Crippen LogP contribution in [-0.4, -0.2) is 38.7 Å². The third-order valence-corrected chi connectivity index (χ3v) is 7.90. The van der Waals surface area contributed by atoms with Gasteiger partial charge in [0.05, 0.1) is 18.2 Å². The molecule has 1 unspecified atom stereocenters. The van der Waals surface area contributed by atoms with Crippen LogP contribution in [0.5, 0.6) is 0 Å². The van der Waals surface area contributed by atoms with Crippen molar-refractivity contribution in [2.45, 2.75) is 57.7 Å². The number of likely N-dealkylation sites (tertiary alicyclic amines) is 1. The highest BCUT2D eigenvalue weighted by Crippen LogP contribution is 2.35. The fourth-order valence-corrected chi connectivity index (χ4v) is 5.75. The molecule has 0 radical (unpaired) electrons. The van der Waals surface area contributed by atoms with Crippen molar-refractivity contribution in [3.63, 3.8) is 0 Å². The molecule has 13 heteroatoms. The van der Waals surface area contributed by atoms with E-state index in [1.54, 1.807) is 4.90 Å². The Hall–Kier alpha value is -2.54. The number of carbonyl (C=O) groups is 1. The van der Waals surface area contributed by atoms with Crippen molar-refractivity contribution in [2.75, 3.05) is 13.1 Å². The average molecular weight is 559 g/mol. The third kappa shape index (κ3) is 5.66. The smallest absolute Gasteiger partial charge is 0.282 e. The van der Waals surface area contributed by atoms with Gasteiger partial charge in [-0.3, -0.25) is 9.48 Å². The molecule has 2 aliphatic heterocycles. The third-order valence-electron chi connectivity index (χ3n) is 6.53. The molecule has 3 aromatic rings. The van der Waals surface area contributed by atoms with E-state index in [1.165, 1.54) is 11.3 Å². The number of fused-ring (bicyclic) bond motifs is 1. The van der Waals surface area contributed by atoms with Gasteiger partial charge in [-0.2, -0.15) is 5.10 Å². The summed E-state index contributed by atoms with van der Waals surface area (Å²) in [6.45, 7) is 0.956. The molecule has 0 saturated carbocycles. The summed E-state index contributed by atoms with van der Waals surface area (Å²) in [4.78, 5) is 19.0. The zero-order valence-corrected chi connectivity index (χ0v) is 21.0. The Morgan fingerprint density at radius 2 is 1.89 bits per heavy atom. The number of rotatable bonds is 6. The van der Waals surface area contributed by atoms with Gasteiger partial charge in [0, 0.05) is 35.0 Å². The summed E-state index contributed by atoms with van der Waals surface area (Å²) >= 11 is 7.78. The van der Waals surface area contributed by atoms with Gasteiger partial charge < -0.3 is 14.4 Å². The van der Waals surface area contributed by atoms with E-state index in [0.717, 1.165) is 16.1 Å². The van der Waals surface area contributed by atoms with Crippen LogP contribution in [0.15, 0.2) is 29.6 Å². The monoisotopic (exact) mass is 558 g/mol. The predicted molar refractivity (Wildman–Crippen MR) is 127 cm³/mol. The number of hydrogen-bond donors (Lipinski definition) is 0. The highest BCUT2D eigenvalue weighted by atomic mass is 35.5. The summed E-state index contributed by atoms with van der Waals surface area (Å²) in [5, 5.41) is 6.94. The minimum atomic E-state index is -3.01. The maximum atomic E-state index is 13.2. The minimum Gasteiger partial charge on any atom is -0.342 e. The zero-order valence-electron chi connectivity index (χ0n) is 19.5. The van der Waals surface area contributed by atoms with Gasteiger partial charge in [-0.1, -0.05) is 23.7 Å². The number of alkyl halides is 4. The lowest BCUT2D eigenvalue weighted by molar-refractivity contribution is -0.155. The molecule has 0 N–H and O–H groups in total. The number of aromatic nitrogens is 3. The van der Waals surface area contributed by atoms with Crippen molar-refractivity contribution in [3.8, 4) is 0 Å². The van der Waals surface area contributed by atoms with Crippen LogP contribution in [0, 0.1) is 0 Å². The zero-order chi connectivity index (χ0) is 26.1. The molecular weight excluding hydrogens is 536 g/mol. The van der Waals surface area contributed by atoms with E-state index < -0.39 is 43.0 Å². The molecule has 0 spiro atoms. The number of carbonyl (C=O) groups excluding carboxylic acids is 1. The largest absolute Gasteiger partial charge is 0.342 e. The van der Waals surface area contributed by atoms with Crippen LogP contribution < -0.4 is 0 Å². The first-order chi connectivity index (χ1) is 17.8. The molecule has 37 heavy (non-hydrogen) atoms. The number of piperidine rings is 1. The molecule has 1 aromatic carbocycles. The van der Waals surface area contributed by atoms with Crippen LogP contribution in [0.25, 0.3) is 0 Å². The van der Waals surface area contributed by atoms with Crippen LogP contribution in [0.2, 0.25) is 5.02 Å². The van der Waals surface area contributed by atoms with Gasteiger partial charge in [0.25, 0.3) is 12.9 Å². The second-order valence-electron chi connectivity index (χ2n) is 8.85. The summed E-state index contributed by atoms with van der Waals surface area (Å²) in [5.41, 5.74) is 1.09. The van der Waals surface area contributed by atoms with Crippen LogP contribution in [-0.2, 0) is 34.0 Å². The summed E-state index contributed by atoms with van der Waals surface area (Å²) in [7, 11) is 0. The Morgan fingerprint density at radius 1 is 1.14 bits per heavy atom. The number of thiazole rings is 1. The SMILES string of the molecule is O=C(Cn1nc(C(F)F)cc1C(F)F)N1CCC(c2nc(C3OCc4cccc(Cl)c4CO3)cs2)CC1. The molecule has 198 valence electrons. The van der Waals surface area contributed by atoms with Gasteiger partial charge >= 0.3 is 0 Å². The fraction of sp³-hybridized carbons (Fsp3) is 0.458. The maximum absolute atomic E-state index is 13.2. The molecular formula is C24H23ClF4N4O3S. The summed E-state index contributed by atoms with van der Waals surface area (Å²) < 4.78 is 64.8. The van der Waals surface area contributed by atoms with Gasteiger partial charge in [0.1, 0.15) is 23.6 Å². The number of ether oxygens (including phenoxy) is 2. The number of amides is 1. The predicted octanol–water partition coefficient (Wildman–Crippen LogP) is 6.02. The summed E-state index contributed by atoms with van der Waals surface area (Å²) in [6, 6.07) is 6.28. The van der Waals surface area contributed by atoms with Gasteiger partial charge in [-0.05, 0) is 30.5 Å². The van der Waals surface area contributed by atoms with E-state index in [2.05, 4.69) is 5.10 Å². The first kappa shape index (κ1) is 26.1. The molecule has 0 aliphatic carbocycles. The van der Waals surface area contributed by atoms with Crippen molar-refractivity contribution in [2.24, 2.45) is 0 Å². The first-order valence-electron chi connectivity index (χ1n) is 11.7. The number of nitrogens with zero attached hydrogens (tertiary/aromatic N) is 4. The van der Waals surface area contributed by atoms with E-state index >= 15 is 0 Å². The maximum Gasteiger partial charge on any atom is 0.282 e. The molecule has 4 heterocycles. The molecule has 2 aromatic heterocycles. The molecule has 7 nitrogen and oxygen atoms in total. The topological polar surface area (TPSA) is 69.5 Å². The molecule has 0 bridgehead atoms. The van der Waals surface area contributed by atoms with E-state index in [0.29, 0.717) is 60.6 Å². The van der Waals surface area contributed by atoms with E-state index in [4.69, 9.17) is 26.1 Å². The fourth-order valence-electron chi connectivity index (χ4n) is 4.50. The van der Waals surface area contributed by atoms with E-state index in [-0.39, 0.29) is 5.92 Å². The lowest BCUT2D eigenvalue weighted by Gasteiger charge is -2.31. The van der Waals surface area contributed by atoms with Crippen molar-refractivity contribution in [1.82, 2.24) is 19.7 Å². The lowest BCUT2D eigenvalue weighted by atomic mass is 9.97. The molecule has 1 saturated heterocycles. The minimum absolute atomic E-state index is 0.118. The Labute approximate surface area is 218 Å². The van der Waals surface area contributed by atoms with Crippen molar-refractivity contribution >= 4 is 28.8 Å². The average Bonchev–Trinajstić information content (AvgIpc) is 3.48. The summed E-state index contributed by atoms with van der Waals surface area (Å²) in [5.74, 6) is -0.324. The van der Waals surface area contributed by atoms with E-state index in [1.807, 2.05) is 23.6 Å². The Balaban J connectivity index is 1.17. The van der Waals surface area contributed by atoms with Crippen LogP contribution in [0.4, 0.5) is 17.6 Å². The Morgan fingerprint density at radius 3 is 2.62 bits per heavy atom. The Bertz CT molecular complexity index is 1260. The van der Waals surface area contributed by atoms with Gasteiger partial charge in [0.15, 0.2) is 0 Å². The number of halogens is 5. The molecule has 5 rings (SSSR count). The van der Waals surface area contributed by atoms with Crippen LogP contribution in [0.1, 0.15) is 71.1 Å². The molecule has 2 aliphatic rings. The highest BCUT2D eigenvalue weighted by molar-refractivity contribution is 7.09. The number of benzene rings is 1. The summed E-state index contributed by atoms with van der Waals surface area (Å²) in [6.07, 6.45) is -5.35. The van der Waals surface area contributed by atoms with Gasteiger partial charge in [-0.15, -0.1) is 11.3 Å². The molecule has 1 amide bonds. The molecule has 1 fully saturated rings. The second-order valence-corrected chi connectivity index (χ2v) is 10.1. The van der Waals surface area contributed by atoms with Gasteiger partial charge in [-0.25, -0.2) is 22.5 Å². The number of hydrogen-bond acceptors (Lipinski definition) is 6. The van der Waals surface area contributed by atoms with Crippen LogP contribution in [0.3, 0.4) is 0 Å². The van der Waals surface area contributed by atoms with Crippen LogP contribution >= 0.6 is 22.9 Å². The van der Waals surface area contributed by atoms with Crippen molar-refractivity contribution in [3.05, 3.63) is 67.9 Å². The van der Waals surface area contributed by atoms with Crippen molar-refractivity contribution in [1.29, 1.82) is 0 Å². The van der Waals surface area contributed by atoms with Crippen molar-refractivity contribution < 1.29 is 31.8 Å².